The number of fused-ring (bicyclic) bond motifs is 12. The maximum absolute atomic E-state index is 2.47. The van der Waals surface area contributed by atoms with Crippen molar-refractivity contribution in [1.29, 1.82) is 0 Å². The summed E-state index contributed by atoms with van der Waals surface area (Å²) >= 11 is 0. The van der Waals surface area contributed by atoms with Gasteiger partial charge >= 0.3 is 0 Å². The van der Waals surface area contributed by atoms with Gasteiger partial charge in [-0.05, 0) is 234 Å². The van der Waals surface area contributed by atoms with Gasteiger partial charge in [-0.25, -0.2) is 0 Å². The van der Waals surface area contributed by atoms with Crippen molar-refractivity contribution in [2.45, 2.75) is 38.5 Å². The number of para-hydroxylation sites is 3. The third-order valence-corrected chi connectivity index (χ3v) is 22.9. The van der Waals surface area contributed by atoms with Crippen LogP contribution in [0.5, 0.6) is 0 Å². The van der Waals surface area contributed by atoms with Crippen molar-refractivity contribution in [3.63, 3.8) is 0 Å². The van der Waals surface area contributed by atoms with Crippen LogP contribution in [-0.4, -0.2) is 9.13 Å². The van der Waals surface area contributed by atoms with Gasteiger partial charge in [0, 0.05) is 77.9 Å². The molecule has 0 spiro atoms. The summed E-state index contributed by atoms with van der Waals surface area (Å²) in [5.41, 5.74) is 35.6. The van der Waals surface area contributed by atoms with Gasteiger partial charge in [-0.15, -0.1) is 0 Å². The second-order valence-electron chi connectivity index (χ2n) is 29.7. The third-order valence-electron chi connectivity index (χ3n) is 22.9. The Morgan fingerprint density at radius 1 is 0.189 bits per heavy atom. The second kappa shape index (κ2) is 24.7. The normalized spacial score (nSPS) is 13.1. The maximum Gasteiger partial charge on any atom is 0.0547 e. The SMILES string of the molecule is CC1(C)c2ccccc2-c2ccc(N(c3ccc(-c4ccccc4)cc3)c3ccc(-c4ccc5c6ccc(-c7ccc8c(c7)C(C)(C)c7cc(N(c9ccc(-c%10ccccc%10)cc9)c9ccc(-c%10ccc%11c(c%10)c%10ccccc%10n%11-c%10ccccc%10)cc9)ccc7-8)cc6n(-c6ccccc6)c5c4)cc3)cc21. The highest BCUT2D eigenvalue weighted by Crippen LogP contribution is 2.54. The first-order valence-corrected chi connectivity index (χ1v) is 36.9. The summed E-state index contributed by atoms with van der Waals surface area (Å²) in [6.45, 7) is 9.54. The fourth-order valence-corrected chi connectivity index (χ4v) is 17.5. The molecule has 4 nitrogen and oxygen atoms in total. The van der Waals surface area contributed by atoms with E-state index in [1.807, 2.05) is 0 Å². The largest absolute Gasteiger partial charge is 0.310 e. The Bertz CT molecular complexity index is 6450. The number of benzene rings is 16. The highest BCUT2D eigenvalue weighted by Gasteiger charge is 2.38. The van der Waals surface area contributed by atoms with Crippen molar-refractivity contribution in [3.8, 4) is 89.3 Å². The van der Waals surface area contributed by atoms with Crippen LogP contribution in [0, 0.1) is 0 Å². The van der Waals surface area contributed by atoms with E-state index in [9.17, 15) is 0 Å². The Labute approximate surface area is 618 Å². The average Bonchev–Trinajstić information content (AvgIpc) is 1.58. The molecule has 502 valence electrons. The standard InChI is InChI=1S/C102H74N4/c1-101(2)93-31-19-17-29-85(93)87-58-53-83(65-95(87)101)103(79-45-33-69(34-46-79)67-21-9-5-10-22-67)82-51-39-72(40-52-82)75-42-56-90-91-57-43-76(64-100(91)106(99(90)63-75)78-27-15-8-16-28-78)74-41-55-86-88-59-54-84(66-96(88)102(3,4)94(86)62-74)104(80-47-35-70(36-48-80)68-23-11-6-12-24-68)81-49-37-71(38-50-81)73-44-60-98-92(61-73)89-30-18-20-32-97(89)105(98)77-25-13-7-14-26-77/h5-66H,1-4H3. The molecule has 18 aromatic rings. The molecule has 2 aromatic heterocycles. The van der Waals surface area contributed by atoms with Gasteiger partial charge in [0.15, 0.2) is 0 Å². The Morgan fingerprint density at radius 3 is 0.991 bits per heavy atom. The van der Waals surface area contributed by atoms with Gasteiger partial charge in [0.2, 0.25) is 0 Å². The zero-order valence-electron chi connectivity index (χ0n) is 59.6. The quantitative estimate of drug-likeness (QED) is 0.114. The molecule has 16 aromatic carbocycles. The minimum atomic E-state index is -0.304. The minimum absolute atomic E-state index is 0.135. The summed E-state index contributed by atoms with van der Waals surface area (Å²) in [5, 5.41) is 4.93. The van der Waals surface area contributed by atoms with Crippen LogP contribution >= 0.6 is 0 Å². The van der Waals surface area contributed by atoms with Gasteiger partial charge in [0.05, 0.1) is 22.1 Å². The molecule has 0 unspecified atom stereocenters. The zero-order chi connectivity index (χ0) is 70.8. The molecule has 0 saturated carbocycles. The first-order valence-electron chi connectivity index (χ1n) is 36.9. The second-order valence-corrected chi connectivity index (χ2v) is 29.7. The molecule has 20 rings (SSSR count). The van der Waals surface area contributed by atoms with Crippen LogP contribution in [0.4, 0.5) is 34.1 Å². The Morgan fingerprint density at radius 2 is 0.491 bits per heavy atom. The molecule has 0 N–H and O–H groups in total. The summed E-state index contributed by atoms with van der Waals surface area (Å²) in [4.78, 5) is 4.84. The van der Waals surface area contributed by atoms with E-state index in [2.05, 4.69) is 423 Å². The molecule has 0 aliphatic heterocycles. The van der Waals surface area contributed by atoms with E-state index in [1.54, 1.807) is 0 Å². The topological polar surface area (TPSA) is 16.3 Å². The number of hydrogen-bond acceptors (Lipinski definition) is 2. The van der Waals surface area contributed by atoms with Crippen LogP contribution in [0.25, 0.3) is 133 Å². The lowest BCUT2D eigenvalue weighted by Gasteiger charge is -2.28. The van der Waals surface area contributed by atoms with Crippen LogP contribution in [-0.2, 0) is 10.8 Å². The van der Waals surface area contributed by atoms with Crippen LogP contribution in [0.3, 0.4) is 0 Å². The van der Waals surface area contributed by atoms with Crippen LogP contribution in [0.2, 0.25) is 0 Å². The smallest absolute Gasteiger partial charge is 0.0547 e. The van der Waals surface area contributed by atoms with Crippen LogP contribution < -0.4 is 9.80 Å². The Balaban J connectivity index is 0.631. The van der Waals surface area contributed by atoms with Crippen LogP contribution in [0.1, 0.15) is 49.9 Å². The summed E-state index contributed by atoms with van der Waals surface area (Å²) < 4.78 is 4.85. The van der Waals surface area contributed by atoms with Gasteiger partial charge in [-0.1, -0.05) is 270 Å². The molecule has 0 radical (unpaired) electrons. The first kappa shape index (κ1) is 62.5. The number of rotatable bonds is 13. The van der Waals surface area contributed by atoms with Gasteiger partial charge in [0.1, 0.15) is 0 Å². The molecule has 2 aliphatic carbocycles. The molecule has 0 bridgehead atoms. The third kappa shape index (κ3) is 10.3. The van der Waals surface area contributed by atoms with E-state index >= 15 is 0 Å². The van der Waals surface area contributed by atoms with Crippen LogP contribution in [0.15, 0.2) is 376 Å². The van der Waals surface area contributed by atoms with Crippen molar-refractivity contribution < 1.29 is 0 Å². The summed E-state index contributed by atoms with van der Waals surface area (Å²) in [6.07, 6.45) is 0. The number of anilines is 6. The molecular weight excluding hydrogens is 1280 g/mol. The molecule has 2 heterocycles. The molecule has 2 aliphatic rings. The van der Waals surface area contributed by atoms with Crippen molar-refractivity contribution in [2.24, 2.45) is 0 Å². The number of hydrogen-bond donors (Lipinski definition) is 0. The summed E-state index contributed by atoms with van der Waals surface area (Å²) in [7, 11) is 0. The van der Waals surface area contributed by atoms with Gasteiger partial charge in [0.25, 0.3) is 0 Å². The van der Waals surface area contributed by atoms with E-state index in [0.717, 1.165) is 56.6 Å². The fourth-order valence-electron chi connectivity index (χ4n) is 17.5. The van der Waals surface area contributed by atoms with E-state index in [4.69, 9.17) is 0 Å². The minimum Gasteiger partial charge on any atom is -0.310 e. The summed E-state index contributed by atoms with van der Waals surface area (Å²) in [5.74, 6) is 0. The van der Waals surface area contributed by atoms with Crippen molar-refractivity contribution in [1.82, 2.24) is 9.13 Å². The van der Waals surface area contributed by atoms with Gasteiger partial charge in [-0.3, -0.25) is 0 Å². The number of nitrogens with zero attached hydrogens (tertiary/aromatic N) is 4. The van der Waals surface area contributed by atoms with Crippen molar-refractivity contribution in [3.05, 3.63) is 398 Å². The molecule has 0 fully saturated rings. The molecule has 0 saturated heterocycles. The van der Waals surface area contributed by atoms with E-state index in [1.165, 1.54) is 133 Å². The monoisotopic (exact) mass is 1350 g/mol. The Hall–Kier alpha value is -13.3. The predicted molar refractivity (Wildman–Crippen MR) is 447 cm³/mol. The average molecular weight is 1360 g/mol. The molecule has 4 heteroatoms. The van der Waals surface area contributed by atoms with E-state index in [0.29, 0.717) is 0 Å². The summed E-state index contributed by atoms with van der Waals surface area (Å²) in [6, 6.07) is 139. The number of aromatic nitrogens is 2. The molecule has 106 heavy (non-hydrogen) atoms. The lowest BCUT2D eigenvalue weighted by Crippen LogP contribution is -2.16. The fraction of sp³-hybridized carbons (Fsp3) is 0.0588. The first-order chi connectivity index (χ1) is 52.1. The lowest BCUT2D eigenvalue weighted by molar-refractivity contribution is 0.660. The zero-order valence-corrected chi connectivity index (χ0v) is 59.6. The van der Waals surface area contributed by atoms with E-state index < -0.39 is 0 Å². The molecular formula is C102H74N4. The lowest BCUT2D eigenvalue weighted by atomic mass is 9.81. The maximum atomic E-state index is 2.47. The van der Waals surface area contributed by atoms with Crippen molar-refractivity contribution >= 4 is 77.7 Å². The van der Waals surface area contributed by atoms with Gasteiger partial charge in [-0.2, -0.15) is 0 Å². The predicted octanol–water partition coefficient (Wildman–Crippen LogP) is 27.8. The van der Waals surface area contributed by atoms with Crippen molar-refractivity contribution in [2.75, 3.05) is 9.80 Å². The van der Waals surface area contributed by atoms with Gasteiger partial charge < -0.3 is 18.9 Å². The molecule has 0 amide bonds. The molecule has 0 atom stereocenters. The van der Waals surface area contributed by atoms with E-state index in [-0.39, 0.29) is 10.8 Å². The Kier molecular flexibility index (Phi) is 14.6. The highest BCUT2D eigenvalue weighted by molar-refractivity contribution is 6.12. The highest BCUT2D eigenvalue weighted by atomic mass is 15.1.